The van der Waals surface area contributed by atoms with E-state index in [1.165, 1.54) is 6.07 Å². The van der Waals surface area contributed by atoms with E-state index in [-0.39, 0.29) is 17.0 Å². The molecular formula is C8H8N2O4. The molecule has 0 unspecified atom stereocenters. The van der Waals surface area contributed by atoms with Crippen molar-refractivity contribution < 1.29 is 19.8 Å². The third kappa shape index (κ3) is 2.13. The van der Waals surface area contributed by atoms with E-state index >= 15 is 0 Å². The van der Waals surface area contributed by atoms with Gasteiger partial charge in [-0.1, -0.05) is 0 Å². The molecule has 0 saturated heterocycles. The van der Waals surface area contributed by atoms with Gasteiger partial charge in [0.05, 0.1) is 11.3 Å². The summed E-state index contributed by atoms with van der Waals surface area (Å²) in [4.78, 5) is 21.0. The van der Waals surface area contributed by atoms with Gasteiger partial charge in [0.25, 0.3) is 0 Å². The molecule has 0 fully saturated rings. The Morgan fingerprint density at radius 3 is 2.50 bits per heavy atom. The fraction of sp³-hybridized carbons (Fsp3) is 0. The number of hydrogen-bond donors (Lipinski definition) is 4. The average molecular weight is 196 g/mol. The fourth-order valence-electron chi connectivity index (χ4n) is 0.902. The number of nitrogens with two attached hydrogens (primary N) is 1. The Hall–Kier alpha value is -2.24. The number of phenols is 1. The molecule has 6 heteroatoms. The average Bonchev–Trinajstić information content (AvgIpc) is 2.07. The highest BCUT2D eigenvalue weighted by atomic mass is 16.4. The second-order valence-electron chi connectivity index (χ2n) is 2.53. The fourth-order valence-corrected chi connectivity index (χ4v) is 0.902. The molecule has 0 bridgehead atoms. The van der Waals surface area contributed by atoms with Crippen molar-refractivity contribution in [2.45, 2.75) is 0 Å². The van der Waals surface area contributed by atoms with Crippen LogP contribution < -0.4 is 11.1 Å². The molecule has 1 aromatic rings. The number of benzene rings is 1. The van der Waals surface area contributed by atoms with E-state index in [1.807, 2.05) is 0 Å². The van der Waals surface area contributed by atoms with Gasteiger partial charge >= 0.3 is 12.0 Å². The van der Waals surface area contributed by atoms with Crippen molar-refractivity contribution in [1.29, 1.82) is 0 Å². The molecule has 14 heavy (non-hydrogen) atoms. The van der Waals surface area contributed by atoms with E-state index in [1.54, 1.807) is 0 Å². The van der Waals surface area contributed by atoms with E-state index in [2.05, 4.69) is 5.32 Å². The number of carboxylic acid groups (broad SMARTS) is 1. The third-order valence-electron chi connectivity index (χ3n) is 1.50. The van der Waals surface area contributed by atoms with Crippen molar-refractivity contribution in [1.82, 2.24) is 0 Å². The van der Waals surface area contributed by atoms with E-state index in [9.17, 15) is 14.7 Å². The van der Waals surface area contributed by atoms with Crippen molar-refractivity contribution in [3.63, 3.8) is 0 Å². The summed E-state index contributed by atoms with van der Waals surface area (Å²) in [7, 11) is 0. The zero-order chi connectivity index (χ0) is 10.7. The number of hydrogen-bond acceptors (Lipinski definition) is 3. The van der Waals surface area contributed by atoms with Crippen molar-refractivity contribution in [3.8, 4) is 5.75 Å². The van der Waals surface area contributed by atoms with Gasteiger partial charge in [-0.05, 0) is 18.2 Å². The van der Waals surface area contributed by atoms with Gasteiger partial charge in [0.2, 0.25) is 0 Å². The van der Waals surface area contributed by atoms with Crippen LogP contribution in [0.4, 0.5) is 10.5 Å². The van der Waals surface area contributed by atoms with E-state index < -0.39 is 12.0 Å². The predicted molar refractivity (Wildman–Crippen MR) is 48.3 cm³/mol. The van der Waals surface area contributed by atoms with Gasteiger partial charge in [0, 0.05) is 0 Å². The largest absolute Gasteiger partial charge is 0.506 e. The summed E-state index contributed by atoms with van der Waals surface area (Å²) in [5.74, 6) is -1.40. The summed E-state index contributed by atoms with van der Waals surface area (Å²) < 4.78 is 0. The van der Waals surface area contributed by atoms with Crippen LogP contribution in [0.5, 0.6) is 5.75 Å². The van der Waals surface area contributed by atoms with E-state index in [0.717, 1.165) is 12.1 Å². The maximum Gasteiger partial charge on any atom is 0.335 e. The number of aromatic carboxylic acids is 1. The standard InChI is InChI=1S/C8H8N2O4/c9-8(14)10-5-3-4(7(12)13)1-2-6(5)11/h1-3,11H,(H,12,13)(H3,9,10,14). The molecule has 0 radical (unpaired) electrons. The lowest BCUT2D eigenvalue weighted by molar-refractivity contribution is 0.0697. The zero-order valence-corrected chi connectivity index (χ0v) is 7.02. The zero-order valence-electron chi connectivity index (χ0n) is 7.02. The molecule has 74 valence electrons. The van der Waals surface area contributed by atoms with Crippen molar-refractivity contribution in [2.75, 3.05) is 5.32 Å². The third-order valence-corrected chi connectivity index (χ3v) is 1.50. The molecule has 0 spiro atoms. The van der Waals surface area contributed by atoms with Gasteiger partial charge in [-0.15, -0.1) is 0 Å². The number of urea groups is 1. The number of carboxylic acids is 1. The molecule has 2 amide bonds. The SMILES string of the molecule is NC(=O)Nc1cc(C(=O)O)ccc1O. The molecule has 0 heterocycles. The highest BCUT2D eigenvalue weighted by Crippen LogP contribution is 2.23. The van der Waals surface area contributed by atoms with Gasteiger partial charge < -0.3 is 21.3 Å². The normalized spacial score (nSPS) is 9.43. The molecule has 0 aromatic heterocycles. The van der Waals surface area contributed by atoms with Crippen LogP contribution in [0.3, 0.4) is 0 Å². The van der Waals surface area contributed by atoms with Gasteiger partial charge in [0.1, 0.15) is 5.75 Å². The van der Waals surface area contributed by atoms with Crippen LogP contribution in [-0.4, -0.2) is 22.2 Å². The van der Waals surface area contributed by atoms with Crippen molar-refractivity contribution >= 4 is 17.7 Å². The molecular weight excluding hydrogens is 188 g/mol. The monoisotopic (exact) mass is 196 g/mol. The van der Waals surface area contributed by atoms with E-state index in [0.29, 0.717) is 0 Å². The first kappa shape index (κ1) is 9.85. The molecule has 0 saturated carbocycles. The maximum atomic E-state index is 10.5. The Labute approximate surface area is 79.0 Å². The maximum absolute atomic E-state index is 10.5. The highest BCUT2D eigenvalue weighted by molar-refractivity contribution is 5.94. The van der Waals surface area contributed by atoms with E-state index in [4.69, 9.17) is 10.8 Å². The lowest BCUT2D eigenvalue weighted by atomic mass is 10.2. The lowest BCUT2D eigenvalue weighted by Gasteiger charge is -2.05. The van der Waals surface area contributed by atoms with Crippen LogP contribution in [0, 0.1) is 0 Å². The summed E-state index contributed by atoms with van der Waals surface area (Å²) in [5.41, 5.74) is 4.73. The number of carbonyl (C=O) groups excluding carboxylic acids is 1. The van der Waals surface area contributed by atoms with Crippen LogP contribution in [0.25, 0.3) is 0 Å². The number of primary amides is 1. The summed E-state index contributed by atoms with van der Waals surface area (Å²) in [6.07, 6.45) is 0. The summed E-state index contributed by atoms with van der Waals surface area (Å²) in [5, 5.41) is 19.9. The minimum absolute atomic E-state index is 0.0302. The summed E-state index contributed by atoms with van der Waals surface area (Å²) >= 11 is 0. The van der Waals surface area contributed by atoms with Crippen LogP contribution in [0.2, 0.25) is 0 Å². The van der Waals surface area contributed by atoms with Crippen LogP contribution in [0.1, 0.15) is 10.4 Å². The number of nitrogens with one attached hydrogen (secondary N) is 1. The van der Waals surface area contributed by atoms with Crippen molar-refractivity contribution in [3.05, 3.63) is 23.8 Å². The quantitative estimate of drug-likeness (QED) is 0.518. The van der Waals surface area contributed by atoms with Gasteiger partial charge in [0.15, 0.2) is 0 Å². The molecule has 0 aliphatic carbocycles. The number of rotatable bonds is 2. The molecule has 0 atom stereocenters. The van der Waals surface area contributed by atoms with Crippen molar-refractivity contribution in [2.24, 2.45) is 5.73 Å². The Morgan fingerprint density at radius 1 is 1.36 bits per heavy atom. The Morgan fingerprint density at radius 2 is 2.00 bits per heavy atom. The molecule has 5 N–H and O–H groups in total. The van der Waals surface area contributed by atoms with Gasteiger partial charge in [-0.2, -0.15) is 0 Å². The lowest BCUT2D eigenvalue weighted by Crippen LogP contribution is -2.19. The second kappa shape index (κ2) is 3.65. The number of phenolic OH excluding ortho intramolecular Hbond substituents is 1. The molecule has 1 aromatic carbocycles. The first-order valence-corrected chi connectivity index (χ1v) is 3.63. The Bertz CT molecular complexity index is 389. The van der Waals surface area contributed by atoms with Gasteiger partial charge in [-0.25, -0.2) is 9.59 Å². The first-order chi connectivity index (χ1) is 6.50. The minimum Gasteiger partial charge on any atom is -0.506 e. The summed E-state index contributed by atoms with van der Waals surface area (Å²) in [6.45, 7) is 0. The summed E-state index contributed by atoms with van der Waals surface area (Å²) in [6, 6.07) is 2.61. The predicted octanol–water partition coefficient (Wildman–Crippen LogP) is 0.581. The molecule has 0 aliphatic rings. The topological polar surface area (TPSA) is 113 Å². The molecule has 0 aliphatic heterocycles. The second-order valence-corrected chi connectivity index (χ2v) is 2.53. The van der Waals surface area contributed by atoms with Crippen LogP contribution in [-0.2, 0) is 0 Å². The number of aromatic hydroxyl groups is 1. The van der Waals surface area contributed by atoms with Crippen LogP contribution in [0.15, 0.2) is 18.2 Å². The first-order valence-electron chi connectivity index (χ1n) is 3.63. The number of amides is 2. The number of carbonyl (C=O) groups is 2. The van der Waals surface area contributed by atoms with Crippen LogP contribution >= 0.6 is 0 Å². The molecule has 1 rings (SSSR count). The Kier molecular flexibility index (Phi) is 2.57. The Balaban J connectivity index is 3.08. The highest BCUT2D eigenvalue weighted by Gasteiger charge is 2.08. The number of anilines is 1. The minimum atomic E-state index is -1.16. The smallest absolute Gasteiger partial charge is 0.335 e. The van der Waals surface area contributed by atoms with Gasteiger partial charge in [-0.3, -0.25) is 0 Å². The molecule has 6 nitrogen and oxygen atoms in total.